The Balaban J connectivity index is 1.15. The second-order valence-electron chi connectivity index (χ2n) is 11.8. The molecule has 216 valence electrons. The number of carbonyl (C=O) groups is 2. The van der Waals surface area contributed by atoms with Crippen molar-refractivity contribution in [1.29, 1.82) is 0 Å². The number of amides is 2. The lowest BCUT2D eigenvalue weighted by Crippen LogP contribution is -2.43. The first-order valence-corrected chi connectivity index (χ1v) is 15.3. The maximum absolute atomic E-state index is 13.7. The molecule has 1 N–H and O–H groups in total. The predicted octanol–water partition coefficient (Wildman–Crippen LogP) is 5.66. The van der Waals surface area contributed by atoms with E-state index in [1.807, 2.05) is 6.07 Å². The van der Waals surface area contributed by atoms with Crippen LogP contribution in [0.25, 0.3) is 0 Å². The lowest BCUT2D eigenvalue weighted by atomic mass is 9.86. The molecule has 1 atom stereocenters. The molecule has 41 heavy (non-hydrogen) atoms. The standard InChI is InChI=1S/C34H41N3O4/c1-24-7-6-10-27(21-24)32-30-22-28(12-11-25(30)15-19-37(32)34(39)26-8-2-3-9-26)40-23-29-13-14-31(41-29)33(38)35-16-20-36-17-4-5-18-36/h6-7,10-14,21-22,26,32H,2-5,8-9,15-20,23H2,1H3,(H,35,38)/t32-/m1/s1. The minimum atomic E-state index is -0.197. The summed E-state index contributed by atoms with van der Waals surface area (Å²) in [7, 11) is 0. The summed E-state index contributed by atoms with van der Waals surface area (Å²) in [6.45, 7) is 6.76. The first-order chi connectivity index (χ1) is 20.0. The van der Waals surface area contributed by atoms with Crippen molar-refractivity contribution < 1.29 is 18.7 Å². The Bertz CT molecular complexity index is 1370. The average molecular weight is 556 g/mol. The minimum absolute atomic E-state index is 0.130. The summed E-state index contributed by atoms with van der Waals surface area (Å²) in [5.74, 6) is 1.85. The fourth-order valence-electron chi connectivity index (χ4n) is 6.68. The number of hydrogen-bond acceptors (Lipinski definition) is 5. The number of benzene rings is 2. The molecular weight excluding hydrogens is 514 g/mol. The van der Waals surface area contributed by atoms with Crippen molar-refractivity contribution in [2.45, 2.75) is 64.5 Å². The van der Waals surface area contributed by atoms with Gasteiger partial charge >= 0.3 is 0 Å². The Morgan fingerprint density at radius 1 is 0.976 bits per heavy atom. The molecule has 7 heteroatoms. The van der Waals surface area contributed by atoms with Gasteiger partial charge in [0.25, 0.3) is 5.91 Å². The molecule has 1 aromatic heterocycles. The van der Waals surface area contributed by atoms with Crippen LogP contribution in [0.2, 0.25) is 0 Å². The third-order valence-corrected chi connectivity index (χ3v) is 8.87. The number of rotatable bonds is 9. The minimum Gasteiger partial charge on any atom is -0.486 e. The number of ether oxygens (including phenoxy) is 1. The Kier molecular flexibility index (Phi) is 8.42. The normalized spacial score (nSPS) is 19.3. The van der Waals surface area contributed by atoms with E-state index >= 15 is 0 Å². The van der Waals surface area contributed by atoms with Crippen LogP contribution in [0.15, 0.2) is 59.0 Å². The molecule has 7 nitrogen and oxygen atoms in total. The number of hydrogen-bond donors (Lipinski definition) is 1. The summed E-state index contributed by atoms with van der Waals surface area (Å²) < 4.78 is 12.0. The van der Waals surface area contributed by atoms with E-state index in [9.17, 15) is 9.59 Å². The van der Waals surface area contributed by atoms with Crippen molar-refractivity contribution in [2.75, 3.05) is 32.7 Å². The highest BCUT2D eigenvalue weighted by Gasteiger charge is 2.36. The zero-order valence-corrected chi connectivity index (χ0v) is 24.1. The molecule has 2 amide bonds. The van der Waals surface area contributed by atoms with Crippen LogP contribution < -0.4 is 10.1 Å². The molecule has 1 aliphatic carbocycles. The maximum Gasteiger partial charge on any atom is 0.287 e. The molecule has 1 saturated carbocycles. The van der Waals surface area contributed by atoms with Crippen LogP contribution in [0, 0.1) is 12.8 Å². The van der Waals surface area contributed by atoms with Crippen molar-refractivity contribution in [2.24, 2.45) is 5.92 Å². The van der Waals surface area contributed by atoms with E-state index in [2.05, 4.69) is 58.4 Å². The first-order valence-electron chi connectivity index (χ1n) is 15.3. The van der Waals surface area contributed by atoms with Crippen LogP contribution in [0.3, 0.4) is 0 Å². The molecule has 0 unspecified atom stereocenters. The first kappa shape index (κ1) is 27.6. The molecular formula is C34H41N3O4. The molecule has 6 rings (SSSR count). The van der Waals surface area contributed by atoms with Crippen LogP contribution in [0.4, 0.5) is 0 Å². The summed E-state index contributed by atoms with van der Waals surface area (Å²) >= 11 is 0. The highest BCUT2D eigenvalue weighted by Crippen LogP contribution is 2.40. The zero-order chi connectivity index (χ0) is 28.2. The van der Waals surface area contributed by atoms with Gasteiger partial charge in [-0.05, 0) is 93.1 Å². The van der Waals surface area contributed by atoms with E-state index in [1.165, 1.54) is 24.0 Å². The summed E-state index contributed by atoms with van der Waals surface area (Å²) in [5, 5.41) is 2.96. The van der Waals surface area contributed by atoms with E-state index in [1.54, 1.807) is 12.1 Å². The van der Waals surface area contributed by atoms with E-state index in [-0.39, 0.29) is 30.4 Å². The monoisotopic (exact) mass is 555 g/mol. The van der Waals surface area contributed by atoms with Gasteiger partial charge in [0, 0.05) is 25.6 Å². The third-order valence-electron chi connectivity index (χ3n) is 8.87. The van der Waals surface area contributed by atoms with E-state index in [4.69, 9.17) is 9.15 Å². The molecule has 2 aliphatic heterocycles. The lowest BCUT2D eigenvalue weighted by Gasteiger charge is -2.39. The number of furan rings is 1. The lowest BCUT2D eigenvalue weighted by molar-refractivity contribution is -0.137. The van der Waals surface area contributed by atoms with Crippen LogP contribution in [-0.2, 0) is 17.8 Å². The van der Waals surface area contributed by atoms with Gasteiger partial charge in [0.2, 0.25) is 5.91 Å². The molecule has 3 aromatic rings. The molecule has 2 fully saturated rings. The van der Waals surface area contributed by atoms with Crippen molar-refractivity contribution in [3.05, 3.63) is 88.4 Å². The summed E-state index contributed by atoms with van der Waals surface area (Å²) in [5.41, 5.74) is 4.71. The smallest absolute Gasteiger partial charge is 0.287 e. The van der Waals surface area contributed by atoms with Gasteiger partial charge in [-0.1, -0.05) is 48.7 Å². The SMILES string of the molecule is Cc1cccc([C@@H]2c3cc(OCc4ccc(C(=O)NCCN5CCCC5)o4)ccc3CCN2C(=O)C2CCCC2)c1. The summed E-state index contributed by atoms with van der Waals surface area (Å²) in [6.07, 6.45) is 7.59. The zero-order valence-electron chi connectivity index (χ0n) is 24.1. The number of aryl methyl sites for hydroxylation is 1. The number of nitrogens with one attached hydrogen (secondary N) is 1. The summed E-state index contributed by atoms with van der Waals surface area (Å²) in [4.78, 5) is 30.7. The number of nitrogens with zero attached hydrogens (tertiary/aromatic N) is 2. The number of fused-ring (bicyclic) bond motifs is 1. The van der Waals surface area contributed by atoms with Crippen LogP contribution in [0.5, 0.6) is 5.75 Å². The van der Waals surface area contributed by atoms with Crippen LogP contribution >= 0.6 is 0 Å². The maximum atomic E-state index is 13.7. The largest absolute Gasteiger partial charge is 0.486 e. The Morgan fingerprint density at radius 3 is 2.61 bits per heavy atom. The third kappa shape index (κ3) is 6.35. The molecule has 3 heterocycles. The van der Waals surface area contributed by atoms with Crippen molar-refractivity contribution in [3.63, 3.8) is 0 Å². The second kappa shape index (κ2) is 12.5. The second-order valence-corrected chi connectivity index (χ2v) is 11.8. The van der Waals surface area contributed by atoms with E-state index < -0.39 is 0 Å². The van der Waals surface area contributed by atoms with Gasteiger partial charge < -0.3 is 24.3 Å². The topological polar surface area (TPSA) is 75.0 Å². The Labute approximate surface area is 242 Å². The van der Waals surface area contributed by atoms with E-state index in [0.29, 0.717) is 18.1 Å². The van der Waals surface area contributed by atoms with Crippen LogP contribution in [-0.4, -0.2) is 54.3 Å². The van der Waals surface area contributed by atoms with Gasteiger partial charge in [0.05, 0.1) is 6.04 Å². The van der Waals surface area contributed by atoms with Crippen LogP contribution in [0.1, 0.15) is 83.1 Å². The molecule has 3 aliphatic rings. The Hall–Kier alpha value is -3.58. The Morgan fingerprint density at radius 2 is 1.80 bits per heavy atom. The molecule has 0 bridgehead atoms. The number of carbonyl (C=O) groups excluding carboxylic acids is 2. The van der Waals surface area contributed by atoms with Crippen molar-refractivity contribution in [1.82, 2.24) is 15.1 Å². The number of likely N-dealkylation sites (tertiary alicyclic amines) is 1. The highest BCUT2D eigenvalue weighted by molar-refractivity contribution is 5.91. The highest BCUT2D eigenvalue weighted by atomic mass is 16.5. The summed E-state index contributed by atoms with van der Waals surface area (Å²) in [6, 6.07) is 18.1. The molecule has 0 radical (unpaired) electrons. The van der Waals surface area contributed by atoms with Gasteiger partial charge in [-0.15, -0.1) is 0 Å². The van der Waals surface area contributed by atoms with Gasteiger partial charge in [-0.2, -0.15) is 0 Å². The van der Waals surface area contributed by atoms with Gasteiger partial charge in [0.15, 0.2) is 5.76 Å². The molecule has 1 saturated heterocycles. The van der Waals surface area contributed by atoms with Crippen molar-refractivity contribution in [3.8, 4) is 5.75 Å². The van der Waals surface area contributed by atoms with Gasteiger partial charge in [-0.25, -0.2) is 0 Å². The quantitative estimate of drug-likeness (QED) is 0.369. The fraction of sp³-hybridized carbons (Fsp3) is 0.471. The average Bonchev–Trinajstić information content (AvgIpc) is 3.78. The molecule has 0 spiro atoms. The predicted molar refractivity (Wildman–Crippen MR) is 158 cm³/mol. The molecule has 2 aromatic carbocycles. The van der Waals surface area contributed by atoms with Crippen molar-refractivity contribution >= 4 is 11.8 Å². The fourth-order valence-corrected chi connectivity index (χ4v) is 6.68. The van der Waals surface area contributed by atoms with Gasteiger partial charge in [-0.3, -0.25) is 9.59 Å². The van der Waals surface area contributed by atoms with E-state index in [0.717, 1.165) is 75.2 Å². The van der Waals surface area contributed by atoms with Gasteiger partial charge in [0.1, 0.15) is 18.1 Å².